The number of pyridine rings is 1. The molecule has 0 N–H and O–H groups in total. The number of fused-ring (bicyclic) bond motifs is 2. The van der Waals surface area contributed by atoms with E-state index in [1.165, 1.54) is 0 Å². The van der Waals surface area contributed by atoms with Crippen molar-refractivity contribution in [2.75, 3.05) is 13.2 Å². The topological polar surface area (TPSA) is 79.7 Å². The Morgan fingerprint density at radius 3 is 2.57 bits per heavy atom. The normalized spacial score (nSPS) is 14.5. The van der Waals surface area contributed by atoms with Gasteiger partial charge in [0.2, 0.25) is 5.78 Å². The van der Waals surface area contributed by atoms with Crippen molar-refractivity contribution < 1.29 is 23.8 Å². The maximum atomic E-state index is 13.2. The number of Topliss-reactive ketones (excluding diaryl/α,β-unsaturated/α-hetero) is 1. The van der Waals surface area contributed by atoms with Crippen LogP contribution in [0.2, 0.25) is 0 Å². The van der Waals surface area contributed by atoms with Crippen LogP contribution >= 0.6 is 0 Å². The van der Waals surface area contributed by atoms with Gasteiger partial charge in [-0.1, -0.05) is 37.3 Å². The fourth-order valence-electron chi connectivity index (χ4n) is 4.97. The summed E-state index contributed by atoms with van der Waals surface area (Å²) in [5.74, 6) is 0.695. The molecule has 3 heterocycles. The van der Waals surface area contributed by atoms with E-state index in [2.05, 4.69) is 4.98 Å². The third kappa shape index (κ3) is 4.69. The average Bonchev–Trinajstić information content (AvgIpc) is 3.19. The molecule has 1 aliphatic rings. The molecule has 7 nitrogen and oxygen atoms in total. The van der Waals surface area contributed by atoms with Crippen LogP contribution in [0.3, 0.4) is 0 Å². The van der Waals surface area contributed by atoms with Gasteiger partial charge in [-0.05, 0) is 57.0 Å². The number of hydrogen-bond acceptors (Lipinski definition) is 6. The predicted octanol–water partition coefficient (Wildman–Crippen LogP) is 5.40. The van der Waals surface area contributed by atoms with Gasteiger partial charge in [0.1, 0.15) is 6.61 Å². The third-order valence-corrected chi connectivity index (χ3v) is 6.94. The monoisotopic (exact) mass is 498 g/mol. The first-order valence-electron chi connectivity index (χ1n) is 12.5. The highest BCUT2D eigenvalue weighted by Gasteiger charge is 2.25. The van der Waals surface area contributed by atoms with Crippen molar-refractivity contribution in [3.05, 3.63) is 88.4 Å². The number of rotatable bonds is 7. The molecule has 0 bridgehead atoms. The molecule has 2 aromatic carbocycles. The van der Waals surface area contributed by atoms with E-state index in [0.29, 0.717) is 30.7 Å². The Morgan fingerprint density at radius 1 is 1.05 bits per heavy atom. The van der Waals surface area contributed by atoms with Gasteiger partial charge in [0, 0.05) is 28.0 Å². The van der Waals surface area contributed by atoms with E-state index >= 15 is 0 Å². The first kappa shape index (κ1) is 24.6. The SMILES string of the molecule is CCc1nc2ccccc2c(C(=O)OCC(=O)c2cc(C)n(C[C@H]3COc4ccccc4O3)c2C)c1C. The van der Waals surface area contributed by atoms with Crippen LogP contribution in [0.4, 0.5) is 0 Å². The number of aromatic nitrogens is 2. The molecule has 190 valence electrons. The first-order valence-corrected chi connectivity index (χ1v) is 12.5. The standard InChI is InChI=1S/C30H30N2O5/c1-5-24-19(3)29(22-10-6-7-11-25(22)31-24)30(34)36-17-26(33)23-14-18(2)32(20(23)4)15-21-16-35-27-12-8-9-13-28(27)37-21/h6-14,21H,5,15-17H2,1-4H3/t21-/m0/s1. The highest BCUT2D eigenvalue weighted by atomic mass is 16.6. The Bertz CT molecular complexity index is 1500. The fraction of sp³-hybridized carbons (Fsp3) is 0.300. The molecule has 0 spiro atoms. The molecule has 0 saturated carbocycles. The number of ether oxygens (including phenoxy) is 3. The van der Waals surface area contributed by atoms with E-state index in [0.717, 1.165) is 45.0 Å². The van der Waals surface area contributed by atoms with Crippen LogP contribution in [0, 0.1) is 20.8 Å². The predicted molar refractivity (Wildman–Crippen MR) is 141 cm³/mol. The van der Waals surface area contributed by atoms with Crippen LogP contribution in [-0.2, 0) is 17.7 Å². The molecular weight excluding hydrogens is 468 g/mol. The summed E-state index contributed by atoms with van der Waals surface area (Å²) in [7, 11) is 0. The summed E-state index contributed by atoms with van der Waals surface area (Å²) in [5.41, 5.74) is 5.11. The number of carbonyl (C=O) groups is 2. The Morgan fingerprint density at radius 2 is 1.78 bits per heavy atom. The minimum Gasteiger partial charge on any atom is -0.486 e. The zero-order valence-electron chi connectivity index (χ0n) is 21.5. The van der Waals surface area contributed by atoms with Crippen molar-refractivity contribution in [1.29, 1.82) is 0 Å². The van der Waals surface area contributed by atoms with Gasteiger partial charge in [0.05, 0.1) is 17.6 Å². The summed E-state index contributed by atoms with van der Waals surface area (Å²) in [4.78, 5) is 31.0. The van der Waals surface area contributed by atoms with E-state index < -0.39 is 5.97 Å². The van der Waals surface area contributed by atoms with E-state index in [1.54, 1.807) is 0 Å². The van der Waals surface area contributed by atoms with E-state index in [1.807, 2.05) is 86.9 Å². The summed E-state index contributed by atoms with van der Waals surface area (Å²) in [6, 6.07) is 16.9. The zero-order chi connectivity index (χ0) is 26.1. The Kier molecular flexibility index (Phi) is 6.70. The first-order chi connectivity index (χ1) is 17.9. The molecule has 0 aliphatic carbocycles. The molecule has 0 radical (unpaired) electrons. The van der Waals surface area contributed by atoms with Crippen LogP contribution in [0.15, 0.2) is 54.6 Å². The van der Waals surface area contributed by atoms with Gasteiger partial charge in [-0.15, -0.1) is 0 Å². The Balaban J connectivity index is 1.31. The lowest BCUT2D eigenvalue weighted by atomic mass is 10.0. The minimum atomic E-state index is -0.514. The second-order valence-electron chi connectivity index (χ2n) is 9.32. The van der Waals surface area contributed by atoms with Crippen LogP contribution in [0.5, 0.6) is 11.5 Å². The zero-order valence-corrected chi connectivity index (χ0v) is 21.5. The summed E-state index contributed by atoms with van der Waals surface area (Å²) >= 11 is 0. The van der Waals surface area contributed by atoms with E-state index in [-0.39, 0.29) is 18.5 Å². The van der Waals surface area contributed by atoms with Gasteiger partial charge in [-0.2, -0.15) is 0 Å². The van der Waals surface area contributed by atoms with Crippen LogP contribution in [-0.4, -0.2) is 40.6 Å². The lowest BCUT2D eigenvalue weighted by Crippen LogP contribution is -2.33. The molecule has 1 aliphatic heterocycles. The van der Waals surface area contributed by atoms with Gasteiger partial charge < -0.3 is 18.8 Å². The molecule has 2 aromatic heterocycles. The number of hydrogen-bond donors (Lipinski definition) is 0. The highest BCUT2D eigenvalue weighted by Crippen LogP contribution is 2.32. The molecule has 5 rings (SSSR count). The lowest BCUT2D eigenvalue weighted by molar-refractivity contribution is 0.0475. The van der Waals surface area contributed by atoms with Gasteiger partial charge in [0.15, 0.2) is 24.2 Å². The Hall–Kier alpha value is -4.13. The van der Waals surface area contributed by atoms with Crippen LogP contribution in [0.1, 0.15) is 50.3 Å². The van der Waals surface area contributed by atoms with E-state index in [4.69, 9.17) is 14.2 Å². The minimum absolute atomic E-state index is 0.184. The number of aryl methyl sites for hydroxylation is 2. The van der Waals surface area contributed by atoms with Gasteiger partial charge in [0.25, 0.3) is 0 Å². The maximum Gasteiger partial charge on any atom is 0.339 e. The van der Waals surface area contributed by atoms with E-state index in [9.17, 15) is 9.59 Å². The second-order valence-corrected chi connectivity index (χ2v) is 9.32. The quantitative estimate of drug-likeness (QED) is 0.251. The van der Waals surface area contributed by atoms with Crippen molar-refractivity contribution in [2.45, 2.75) is 46.8 Å². The molecule has 1 atom stereocenters. The van der Waals surface area contributed by atoms with Crippen molar-refractivity contribution in [3.8, 4) is 11.5 Å². The molecule has 7 heteroatoms. The lowest BCUT2D eigenvalue weighted by Gasteiger charge is -2.27. The molecular formula is C30H30N2O5. The van der Waals surface area contributed by atoms with Gasteiger partial charge in [-0.25, -0.2) is 4.79 Å². The molecule has 0 saturated heterocycles. The summed E-state index contributed by atoms with van der Waals surface area (Å²) in [6.45, 7) is 8.35. The molecule has 4 aromatic rings. The Labute approximate surface area is 216 Å². The average molecular weight is 499 g/mol. The smallest absolute Gasteiger partial charge is 0.339 e. The second kappa shape index (κ2) is 10.1. The number of nitrogens with zero attached hydrogens (tertiary/aromatic N) is 2. The van der Waals surface area contributed by atoms with Crippen molar-refractivity contribution in [3.63, 3.8) is 0 Å². The number of benzene rings is 2. The maximum absolute atomic E-state index is 13.2. The summed E-state index contributed by atoms with van der Waals surface area (Å²) < 4.78 is 19.5. The van der Waals surface area contributed by atoms with Crippen molar-refractivity contribution >= 4 is 22.7 Å². The van der Waals surface area contributed by atoms with Crippen molar-refractivity contribution in [2.24, 2.45) is 0 Å². The van der Waals surface area contributed by atoms with Gasteiger partial charge >= 0.3 is 5.97 Å². The molecule has 37 heavy (non-hydrogen) atoms. The summed E-state index contributed by atoms with van der Waals surface area (Å²) in [6.07, 6.45) is 0.514. The van der Waals surface area contributed by atoms with Crippen LogP contribution in [0.25, 0.3) is 10.9 Å². The highest BCUT2D eigenvalue weighted by molar-refractivity contribution is 6.06. The molecule has 0 unspecified atom stereocenters. The molecule has 0 fully saturated rings. The van der Waals surface area contributed by atoms with Gasteiger partial charge in [-0.3, -0.25) is 9.78 Å². The number of ketones is 1. The fourth-order valence-corrected chi connectivity index (χ4v) is 4.97. The molecule has 0 amide bonds. The number of carbonyl (C=O) groups excluding carboxylic acids is 2. The third-order valence-electron chi connectivity index (χ3n) is 6.94. The number of para-hydroxylation sites is 3. The van der Waals surface area contributed by atoms with Crippen LogP contribution < -0.4 is 9.47 Å². The van der Waals surface area contributed by atoms with Crippen molar-refractivity contribution in [1.82, 2.24) is 9.55 Å². The largest absolute Gasteiger partial charge is 0.486 e. The number of esters is 1. The summed E-state index contributed by atoms with van der Waals surface area (Å²) in [5, 5.41) is 0.726.